The second kappa shape index (κ2) is 7.05. The number of hydrogen-bond acceptors (Lipinski definition) is 6. The molecule has 140 valence electrons. The first-order chi connectivity index (χ1) is 11.7. The molecule has 1 aromatic heterocycles. The van der Waals surface area contributed by atoms with Gasteiger partial charge in [0.2, 0.25) is 5.91 Å². The lowest BCUT2D eigenvalue weighted by molar-refractivity contribution is -0.134. The van der Waals surface area contributed by atoms with Crippen LogP contribution in [-0.4, -0.2) is 90.6 Å². The van der Waals surface area contributed by atoms with E-state index in [-0.39, 0.29) is 30.0 Å². The number of carbonyl (C=O) groups is 1. The second-order valence-electron chi connectivity index (χ2n) is 7.38. The molecular weight excluding hydrogens is 342 g/mol. The van der Waals surface area contributed by atoms with Gasteiger partial charge >= 0.3 is 0 Å². The largest absolute Gasteiger partial charge is 0.334 e. The summed E-state index contributed by atoms with van der Waals surface area (Å²) in [5.74, 6) is 0.443. The van der Waals surface area contributed by atoms with Gasteiger partial charge in [0.25, 0.3) is 0 Å². The smallest absolute Gasteiger partial charge is 0.237 e. The van der Waals surface area contributed by atoms with Crippen LogP contribution in [0.5, 0.6) is 0 Å². The summed E-state index contributed by atoms with van der Waals surface area (Å²) in [4.78, 5) is 18.4. The first-order valence-corrected chi connectivity index (χ1v) is 10.4. The Kier molecular flexibility index (Phi) is 5.17. The van der Waals surface area contributed by atoms with E-state index in [0.29, 0.717) is 26.1 Å². The average Bonchev–Trinajstić information content (AvgIpc) is 3.07. The lowest BCUT2D eigenvalue weighted by Crippen LogP contribution is -2.45. The van der Waals surface area contributed by atoms with Crippen LogP contribution in [0.2, 0.25) is 0 Å². The van der Waals surface area contributed by atoms with Crippen molar-refractivity contribution >= 4 is 15.7 Å². The van der Waals surface area contributed by atoms with Crippen LogP contribution in [0, 0.1) is 0 Å². The highest BCUT2D eigenvalue weighted by Crippen LogP contribution is 2.18. The summed E-state index contributed by atoms with van der Waals surface area (Å²) in [6.45, 7) is 2.96. The number of nitrogens with zero attached hydrogens (tertiary/aromatic N) is 5. The van der Waals surface area contributed by atoms with Gasteiger partial charge in [-0.05, 0) is 33.6 Å². The maximum Gasteiger partial charge on any atom is 0.237 e. The van der Waals surface area contributed by atoms with Crippen molar-refractivity contribution in [3.8, 4) is 0 Å². The van der Waals surface area contributed by atoms with Crippen molar-refractivity contribution in [2.75, 3.05) is 45.7 Å². The molecule has 0 aliphatic carbocycles. The van der Waals surface area contributed by atoms with Crippen LogP contribution in [0.3, 0.4) is 0 Å². The van der Waals surface area contributed by atoms with Crippen LogP contribution in [0.4, 0.5) is 0 Å². The zero-order chi connectivity index (χ0) is 18.2. The third kappa shape index (κ3) is 4.39. The normalized spacial score (nSPS) is 22.6. The maximum atomic E-state index is 12.6. The Morgan fingerprint density at radius 1 is 1.32 bits per heavy atom. The summed E-state index contributed by atoms with van der Waals surface area (Å²) in [5, 5.41) is 4.58. The van der Waals surface area contributed by atoms with Gasteiger partial charge in [0.15, 0.2) is 9.84 Å². The quantitative estimate of drug-likeness (QED) is 0.690. The fraction of sp³-hybridized carbons (Fsp3) is 0.750. The molecule has 3 rings (SSSR count). The van der Waals surface area contributed by atoms with Crippen molar-refractivity contribution in [2.24, 2.45) is 0 Å². The molecule has 8 nitrogen and oxygen atoms in total. The highest BCUT2D eigenvalue weighted by atomic mass is 32.2. The topological polar surface area (TPSA) is 78.8 Å². The van der Waals surface area contributed by atoms with Crippen LogP contribution < -0.4 is 0 Å². The third-order valence-electron chi connectivity index (χ3n) is 4.90. The number of aromatic nitrogens is 2. The van der Waals surface area contributed by atoms with Crippen molar-refractivity contribution in [3.05, 3.63) is 17.5 Å². The Balaban J connectivity index is 1.58. The molecule has 0 saturated carbocycles. The zero-order valence-electron chi connectivity index (χ0n) is 15.2. The van der Waals surface area contributed by atoms with Crippen molar-refractivity contribution in [2.45, 2.75) is 32.1 Å². The maximum absolute atomic E-state index is 12.6. The number of carbonyl (C=O) groups excluding carboxylic acids is 1. The van der Waals surface area contributed by atoms with Gasteiger partial charge in [-0.25, -0.2) is 8.42 Å². The fourth-order valence-corrected chi connectivity index (χ4v) is 5.31. The molecule has 25 heavy (non-hydrogen) atoms. The predicted octanol–water partition coefficient (Wildman–Crippen LogP) is -0.594. The Bertz CT molecular complexity index is 743. The number of hydrogen-bond donors (Lipinski definition) is 0. The summed E-state index contributed by atoms with van der Waals surface area (Å²) in [5.41, 5.74) is 2.07. The fourth-order valence-electron chi connectivity index (χ4n) is 3.51. The summed E-state index contributed by atoms with van der Waals surface area (Å²) >= 11 is 0. The molecule has 2 aliphatic rings. The minimum Gasteiger partial charge on any atom is -0.334 e. The van der Waals surface area contributed by atoms with Crippen molar-refractivity contribution < 1.29 is 13.2 Å². The van der Waals surface area contributed by atoms with Gasteiger partial charge < -0.3 is 9.80 Å². The van der Waals surface area contributed by atoms with E-state index in [1.54, 1.807) is 0 Å². The SMILES string of the molecule is CN(C)Cc1cc2n(n1)CCN(C(=O)CN(C)C1CCS(=O)(=O)C1)C2. The number of fused-ring (bicyclic) bond motifs is 1. The highest BCUT2D eigenvalue weighted by Gasteiger charge is 2.32. The third-order valence-corrected chi connectivity index (χ3v) is 6.65. The molecule has 0 N–H and O–H groups in total. The van der Waals surface area contributed by atoms with E-state index in [0.717, 1.165) is 17.9 Å². The van der Waals surface area contributed by atoms with Crippen molar-refractivity contribution in [3.63, 3.8) is 0 Å². The molecule has 0 bridgehead atoms. The molecule has 1 fully saturated rings. The van der Waals surface area contributed by atoms with Gasteiger partial charge in [0.05, 0.1) is 42.5 Å². The van der Waals surface area contributed by atoms with E-state index >= 15 is 0 Å². The van der Waals surface area contributed by atoms with Crippen LogP contribution in [0.1, 0.15) is 17.8 Å². The Labute approximate surface area is 149 Å². The highest BCUT2D eigenvalue weighted by molar-refractivity contribution is 7.91. The zero-order valence-corrected chi connectivity index (χ0v) is 16.0. The Morgan fingerprint density at radius 3 is 2.72 bits per heavy atom. The lowest BCUT2D eigenvalue weighted by Gasteiger charge is -2.30. The molecule has 0 radical (unpaired) electrons. The first-order valence-electron chi connectivity index (χ1n) is 8.62. The van der Waals surface area contributed by atoms with Crippen molar-refractivity contribution in [1.82, 2.24) is 24.5 Å². The molecule has 1 unspecified atom stereocenters. The molecule has 1 aromatic rings. The van der Waals surface area contributed by atoms with Gasteiger partial charge in [0, 0.05) is 19.1 Å². The predicted molar refractivity (Wildman–Crippen MR) is 94.7 cm³/mol. The summed E-state index contributed by atoms with van der Waals surface area (Å²) in [6.07, 6.45) is 0.618. The van der Waals surface area contributed by atoms with Crippen LogP contribution in [0.25, 0.3) is 0 Å². The molecule has 3 heterocycles. The van der Waals surface area contributed by atoms with E-state index in [4.69, 9.17) is 0 Å². The number of likely N-dealkylation sites (N-methyl/N-ethyl adjacent to an activating group) is 1. The summed E-state index contributed by atoms with van der Waals surface area (Å²) in [7, 11) is 2.92. The molecular formula is C16H27N5O3S. The van der Waals surface area contributed by atoms with E-state index in [1.807, 2.05) is 35.6 Å². The standard InChI is InChI=1S/C16H27N5O3S/c1-18(2)9-13-8-15-10-20(5-6-21(15)17-13)16(22)11-19(3)14-4-7-25(23,24)12-14/h8,14H,4-7,9-12H2,1-3H3. The monoisotopic (exact) mass is 369 g/mol. The molecule has 9 heteroatoms. The average molecular weight is 369 g/mol. The van der Waals surface area contributed by atoms with Crippen LogP contribution in [-0.2, 0) is 34.3 Å². The van der Waals surface area contributed by atoms with Gasteiger partial charge in [-0.15, -0.1) is 0 Å². The second-order valence-corrected chi connectivity index (χ2v) is 9.60. The summed E-state index contributed by atoms with van der Waals surface area (Å²) < 4.78 is 25.2. The van der Waals surface area contributed by atoms with Crippen molar-refractivity contribution in [1.29, 1.82) is 0 Å². The molecule has 2 aliphatic heterocycles. The molecule has 1 saturated heterocycles. The number of rotatable bonds is 5. The minimum atomic E-state index is -2.93. The molecule has 1 amide bonds. The first kappa shape index (κ1) is 18.3. The summed E-state index contributed by atoms with van der Waals surface area (Å²) in [6, 6.07) is 2.02. The molecule has 0 spiro atoms. The molecule has 0 aromatic carbocycles. The van der Waals surface area contributed by atoms with E-state index < -0.39 is 9.84 Å². The van der Waals surface area contributed by atoms with Gasteiger partial charge in [-0.1, -0.05) is 0 Å². The van der Waals surface area contributed by atoms with Gasteiger partial charge in [-0.3, -0.25) is 14.4 Å². The van der Waals surface area contributed by atoms with E-state index in [2.05, 4.69) is 16.1 Å². The van der Waals surface area contributed by atoms with E-state index in [1.165, 1.54) is 0 Å². The lowest BCUT2D eigenvalue weighted by atomic mass is 10.2. The minimum absolute atomic E-state index is 0.0454. The Hall–Kier alpha value is -1.45. The van der Waals surface area contributed by atoms with Gasteiger partial charge in [0.1, 0.15) is 0 Å². The van der Waals surface area contributed by atoms with Gasteiger partial charge in [-0.2, -0.15) is 5.10 Å². The van der Waals surface area contributed by atoms with Crippen LogP contribution in [0.15, 0.2) is 6.07 Å². The Morgan fingerprint density at radius 2 is 2.08 bits per heavy atom. The number of amides is 1. The number of sulfone groups is 1. The molecule has 1 atom stereocenters. The van der Waals surface area contributed by atoms with Crippen LogP contribution >= 0.6 is 0 Å². The van der Waals surface area contributed by atoms with E-state index in [9.17, 15) is 13.2 Å².